The molecule has 8 nitrogen and oxygen atoms in total. The molecule has 1 aliphatic rings. The highest BCUT2D eigenvalue weighted by atomic mass is 16.6. The molecule has 0 spiro atoms. The standard InChI is InChI=1S/C19H21N3O5/c1-12-3-5-14(10-16(12)22(25)26)20-19(24)21(15-6-7-15)11-13-4-8-17(23)18(9-13)27-2/h3-5,8-10,15,23H,6-7,11H2,1-2H3,(H,20,24). The highest BCUT2D eigenvalue weighted by molar-refractivity contribution is 5.90. The van der Waals surface area contributed by atoms with Crippen LogP contribution in [0.25, 0.3) is 0 Å². The zero-order valence-corrected chi connectivity index (χ0v) is 15.1. The molecule has 0 saturated heterocycles. The molecule has 0 aliphatic heterocycles. The SMILES string of the molecule is COc1cc(CN(C(=O)Nc2ccc(C)c([N+](=O)[O-])c2)C2CC2)ccc1O. The minimum absolute atomic E-state index is 0.0333. The van der Waals surface area contributed by atoms with E-state index in [2.05, 4.69) is 5.32 Å². The number of aryl methyl sites for hydroxylation is 1. The monoisotopic (exact) mass is 371 g/mol. The van der Waals surface area contributed by atoms with E-state index in [1.165, 1.54) is 19.2 Å². The lowest BCUT2D eigenvalue weighted by Gasteiger charge is -2.23. The normalized spacial score (nSPS) is 13.1. The second kappa shape index (κ2) is 7.53. The van der Waals surface area contributed by atoms with Crippen molar-refractivity contribution < 1.29 is 19.6 Å². The lowest BCUT2D eigenvalue weighted by Crippen LogP contribution is -2.36. The van der Waals surface area contributed by atoms with Crippen LogP contribution in [-0.4, -0.2) is 34.1 Å². The number of nitrogens with zero attached hydrogens (tertiary/aromatic N) is 2. The first-order valence-electron chi connectivity index (χ1n) is 8.57. The predicted molar refractivity (Wildman–Crippen MR) is 100 cm³/mol. The Bertz CT molecular complexity index is 880. The van der Waals surface area contributed by atoms with Crippen LogP contribution in [0.5, 0.6) is 11.5 Å². The van der Waals surface area contributed by atoms with Gasteiger partial charge in [-0.1, -0.05) is 12.1 Å². The maximum absolute atomic E-state index is 12.8. The molecular weight excluding hydrogens is 350 g/mol. The number of phenols is 1. The quantitative estimate of drug-likeness (QED) is 0.593. The van der Waals surface area contributed by atoms with E-state index in [0.29, 0.717) is 23.5 Å². The molecule has 1 fully saturated rings. The van der Waals surface area contributed by atoms with E-state index < -0.39 is 4.92 Å². The second-order valence-corrected chi connectivity index (χ2v) is 6.55. The van der Waals surface area contributed by atoms with Gasteiger partial charge in [0.05, 0.1) is 12.0 Å². The lowest BCUT2D eigenvalue weighted by atomic mass is 10.2. The maximum atomic E-state index is 12.8. The van der Waals surface area contributed by atoms with Crippen molar-refractivity contribution in [3.8, 4) is 11.5 Å². The van der Waals surface area contributed by atoms with Crippen molar-refractivity contribution in [2.45, 2.75) is 32.4 Å². The molecular formula is C19H21N3O5. The van der Waals surface area contributed by atoms with E-state index in [1.54, 1.807) is 36.1 Å². The summed E-state index contributed by atoms with van der Waals surface area (Å²) in [5, 5.41) is 23.6. The molecule has 27 heavy (non-hydrogen) atoms. The zero-order chi connectivity index (χ0) is 19.6. The highest BCUT2D eigenvalue weighted by Crippen LogP contribution is 2.32. The number of anilines is 1. The third-order valence-corrected chi connectivity index (χ3v) is 4.50. The van der Waals surface area contributed by atoms with Gasteiger partial charge in [0, 0.05) is 29.9 Å². The summed E-state index contributed by atoms with van der Waals surface area (Å²) in [4.78, 5) is 25.1. The number of nitrogens with one attached hydrogen (secondary N) is 1. The van der Waals surface area contributed by atoms with Crippen LogP contribution >= 0.6 is 0 Å². The number of hydrogen-bond acceptors (Lipinski definition) is 5. The van der Waals surface area contributed by atoms with Gasteiger partial charge in [-0.25, -0.2) is 4.79 Å². The van der Waals surface area contributed by atoms with Crippen LogP contribution in [0.2, 0.25) is 0 Å². The molecule has 0 radical (unpaired) electrons. The summed E-state index contributed by atoms with van der Waals surface area (Å²) in [7, 11) is 1.47. The molecule has 1 aliphatic carbocycles. The topological polar surface area (TPSA) is 105 Å². The summed E-state index contributed by atoms with van der Waals surface area (Å²) < 4.78 is 5.11. The number of phenolic OH excluding ortho intramolecular Hbond substituents is 1. The average molecular weight is 371 g/mol. The van der Waals surface area contributed by atoms with Crippen LogP contribution in [0.1, 0.15) is 24.0 Å². The van der Waals surface area contributed by atoms with Crippen molar-refractivity contribution >= 4 is 17.4 Å². The molecule has 3 rings (SSSR count). The minimum atomic E-state index is -0.466. The Morgan fingerprint density at radius 1 is 1.33 bits per heavy atom. The van der Waals surface area contributed by atoms with Crippen molar-refractivity contribution in [1.82, 2.24) is 4.90 Å². The van der Waals surface area contributed by atoms with Gasteiger partial charge in [-0.2, -0.15) is 0 Å². The van der Waals surface area contributed by atoms with E-state index >= 15 is 0 Å². The van der Waals surface area contributed by atoms with E-state index in [4.69, 9.17) is 4.74 Å². The number of carbonyl (C=O) groups excluding carboxylic acids is 1. The van der Waals surface area contributed by atoms with Crippen molar-refractivity contribution in [2.75, 3.05) is 12.4 Å². The number of hydrogen-bond donors (Lipinski definition) is 2. The number of nitro benzene ring substituents is 1. The van der Waals surface area contributed by atoms with Crippen LogP contribution in [0.15, 0.2) is 36.4 Å². The van der Waals surface area contributed by atoms with E-state index in [9.17, 15) is 20.0 Å². The maximum Gasteiger partial charge on any atom is 0.322 e. The Morgan fingerprint density at radius 2 is 2.07 bits per heavy atom. The van der Waals surface area contributed by atoms with E-state index in [-0.39, 0.29) is 23.5 Å². The number of nitro groups is 1. The Morgan fingerprint density at radius 3 is 2.70 bits per heavy atom. The first kappa shape index (κ1) is 18.5. The molecule has 0 heterocycles. The largest absolute Gasteiger partial charge is 0.504 e. The van der Waals surface area contributed by atoms with Crippen LogP contribution in [0.4, 0.5) is 16.2 Å². The molecule has 0 atom stereocenters. The molecule has 8 heteroatoms. The number of rotatable bonds is 6. The summed E-state index contributed by atoms with van der Waals surface area (Å²) in [6.07, 6.45) is 1.83. The minimum Gasteiger partial charge on any atom is -0.504 e. The molecule has 142 valence electrons. The molecule has 2 aromatic rings. The number of urea groups is 1. The first-order valence-corrected chi connectivity index (χ1v) is 8.57. The lowest BCUT2D eigenvalue weighted by molar-refractivity contribution is -0.385. The fourth-order valence-electron chi connectivity index (χ4n) is 2.85. The summed E-state index contributed by atoms with van der Waals surface area (Å²) in [6, 6.07) is 9.39. The van der Waals surface area contributed by atoms with Crippen molar-refractivity contribution in [1.29, 1.82) is 0 Å². The number of amides is 2. The van der Waals surface area contributed by atoms with Crippen molar-refractivity contribution in [3.05, 3.63) is 57.6 Å². The smallest absolute Gasteiger partial charge is 0.322 e. The number of carbonyl (C=O) groups is 1. The predicted octanol–water partition coefficient (Wildman–Crippen LogP) is 3.81. The fraction of sp³-hybridized carbons (Fsp3) is 0.316. The molecule has 0 aromatic heterocycles. The van der Waals surface area contributed by atoms with Gasteiger partial charge in [0.15, 0.2) is 11.5 Å². The van der Waals surface area contributed by atoms with Crippen LogP contribution in [0, 0.1) is 17.0 Å². The fourth-order valence-corrected chi connectivity index (χ4v) is 2.85. The van der Waals surface area contributed by atoms with Crippen LogP contribution in [-0.2, 0) is 6.54 Å². The Kier molecular flexibility index (Phi) is 5.16. The number of aromatic hydroxyl groups is 1. The summed E-state index contributed by atoms with van der Waals surface area (Å²) >= 11 is 0. The third-order valence-electron chi connectivity index (χ3n) is 4.50. The van der Waals surface area contributed by atoms with Gasteiger partial charge in [-0.3, -0.25) is 10.1 Å². The first-order chi connectivity index (χ1) is 12.9. The van der Waals surface area contributed by atoms with Gasteiger partial charge in [0.2, 0.25) is 0 Å². The van der Waals surface area contributed by atoms with Gasteiger partial charge in [0.25, 0.3) is 5.69 Å². The molecule has 0 unspecified atom stereocenters. The van der Waals surface area contributed by atoms with Crippen LogP contribution < -0.4 is 10.1 Å². The number of methoxy groups -OCH3 is 1. The molecule has 0 bridgehead atoms. The molecule has 1 saturated carbocycles. The number of ether oxygens (including phenoxy) is 1. The summed E-state index contributed by atoms with van der Waals surface area (Å²) in [5.41, 5.74) is 1.70. The van der Waals surface area contributed by atoms with Crippen LogP contribution in [0.3, 0.4) is 0 Å². The van der Waals surface area contributed by atoms with Crippen molar-refractivity contribution in [2.24, 2.45) is 0 Å². The van der Waals surface area contributed by atoms with Crippen molar-refractivity contribution in [3.63, 3.8) is 0 Å². The molecule has 2 aromatic carbocycles. The number of benzene rings is 2. The Labute approximate surface area is 156 Å². The van der Waals surface area contributed by atoms with Gasteiger partial charge in [-0.15, -0.1) is 0 Å². The third kappa shape index (κ3) is 4.28. The van der Waals surface area contributed by atoms with Gasteiger partial charge in [0.1, 0.15) is 0 Å². The highest BCUT2D eigenvalue weighted by Gasteiger charge is 2.33. The second-order valence-electron chi connectivity index (χ2n) is 6.55. The van der Waals surface area contributed by atoms with Gasteiger partial charge < -0.3 is 20.1 Å². The summed E-state index contributed by atoms with van der Waals surface area (Å²) in [5.74, 6) is 0.383. The van der Waals surface area contributed by atoms with E-state index in [0.717, 1.165) is 18.4 Å². The van der Waals surface area contributed by atoms with E-state index in [1.807, 2.05) is 0 Å². The van der Waals surface area contributed by atoms with Gasteiger partial charge >= 0.3 is 6.03 Å². The van der Waals surface area contributed by atoms with Gasteiger partial charge in [-0.05, 0) is 43.5 Å². The molecule has 2 N–H and O–H groups in total. The Hall–Kier alpha value is -3.29. The zero-order valence-electron chi connectivity index (χ0n) is 15.1. The Balaban J connectivity index is 1.77. The average Bonchev–Trinajstić information content (AvgIpc) is 3.47. The summed E-state index contributed by atoms with van der Waals surface area (Å²) in [6.45, 7) is 2.00. The molecule has 2 amide bonds.